The molecule has 1 amide bonds. The summed E-state index contributed by atoms with van der Waals surface area (Å²) in [7, 11) is 0. The third-order valence-corrected chi connectivity index (χ3v) is 5.88. The second-order valence-corrected chi connectivity index (χ2v) is 8.20. The predicted molar refractivity (Wildman–Crippen MR) is 120 cm³/mol. The molecule has 4 rings (SSSR count). The largest absolute Gasteiger partial charge is 0.455 e. The van der Waals surface area contributed by atoms with E-state index in [1.54, 1.807) is 4.68 Å². The minimum Gasteiger partial charge on any atom is -0.455 e. The average Bonchev–Trinajstić information content (AvgIpc) is 3.12. The van der Waals surface area contributed by atoms with Crippen LogP contribution >= 0.6 is 0 Å². The Morgan fingerprint density at radius 2 is 1.74 bits per heavy atom. The maximum atomic E-state index is 12.5. The van der Waals surface area contributed by atoms with Crippen molar-refractivity contribution >= 4 is 17.7 Å². The molecule has 0 aliphatic heterocycles. The summed E-state index contributed by atoms with van der Waals surface area (Å²) >= 11 is 0. The van der Waals surface area contributed by atoms with Crippen molar-refractivity contribution in [2.75, 3.05) is 11.9 Å². The summed E-state index contributed by atoms with van der Waals surface area (Å²) in [5.41, 5.74) is 6.15. The summed E-state index contributed by atoms with van der Waals surface area (Å²) in [6.45, 7) is 5.92. The Balaban J connectivity index is 1.60. The van der Waals surface area contributed by atoms with Gasteiger partial charge in [0.25, 0.3) is 5.91 Å². The van der Waals surface area contributed by atoms with Gasteiger partial charge in [-0.05, 0) is 68.5 Å². The van der Waals surface area contributed by atoms with Crippen LogP contribution in [0.1, 0.15) is 36.0 Å². The Labute approximate surface area is 182 Å². The maximum Gasteiger partial charge on any atom is 0.309 e. The fourth-order valence-electron chi connectivity index (χ4n) is 3.68. The van der Waals surface area contributed by atoms with Gasteiger partial charge in [0.15, 0.2) is 6.61 Å². The van der Waals surface area contributed by atoms with E-state index in [9.17, 15) is 9.59 Å². The standard InChI is InChI=1S/C25H27N3O3/c1-16-12-18(3)21(13-17(16)2)22-14-23(28(27-22)20-10-5-4-6-11-20)26-24(29)15-31-25(30)19-8-7-9-19/h4-6,10-14,19H,7-9,15H2,1-3H3,(H,26,29). The van der Waals surface area contributed by atoms with Gasteiger partial charge in [-0.3, -0.25) is 9.59 Å². The molecule has 1 aliphatic rings. The molecule has 6 nitrogen and oxygen atoms in total. The molecule has 1 N–H and O–H groups in total. The maximum absolute atomic E-state index is 12.5. The number of carbonyl (C=O) groups is 2. The summed E-state index contributed by atoms with van der Waals surface area (Å²) < 4.78 is 6.89. The molecule has 160 valence electrons. The number of nitrogens with one attached hydrogen (secondary N) is 1. The van der Waals surface area contributed by atoms with Crippen molar-refractivity contribution in [3.05, 3.63) is 65.2 Å². The van der Waals surface area contributed by atoms with Crippen molar-refractivity contribution in [2.24, 2.45) is 5.92 Å². The van der Waals surface area contributed by atoms with E-state index in [4.69, 9.17) is 9.84 Å². The number of amides is 1. The van der Waals surface area contributed by atoms with Crippen LogP contribution in [0.15, 0.2) is 48.5 Å². The third kappa shape index (κ3) is 4.53. The minimum absolute atomic E-state index is 0.0537. The van der Waals surface area contributed by atoms with Crippen LogP contribution < -0.4 is 5.32 Å². The zero-order chi connectivity index (χ0) is 22.0. The van der Waals surface area contributed by atoms with Gasteiger partial charge in [-0.2, -0.15) is 5.10 Å². The molecule has 1 aromatic heterocycles. The average molecular weight is 418 g/mol. The first-order valence-electron chi connectivity index (χ1n) is 10.6. The van der Waals surface area contributed by atoms with Crippen LogP contribution in [0, 0.1) is 26.7 Å². The van der Waals surface area contributed by atoms with Crippen LogP contribution in [-0.4, -0.2) is 28.3 Å². The predicted octanol–water partition coefficient (Wildman–Crippen LogP) is 4.75. The highest BCUT2D eigenvalue weighted by atomic mass is 16.5. The van der Waals surface area contributed by atoms with Gasteiger partial charge in [0, 0.05) is 11.6 Å². The molecule has 0 radical (unpaired) electrons. The van der Waals surface area contributed by atoms with Gasteiger partial charge < -0.3 is 10.1 Å². The van der Waals surface area contributed by atoms with E-state index in [0.29, 0.717) is 5.82 Å². The van der Waals surface area contributed by atoms with Crippen LogP contribution in [0.25, 0.3) is 16.9 Å². The van der Waals surface area contributed by atoms with Crippen LogP contribution in [-0.2, 0) is 14.3 Å². The monoisotopic (exact) mass is 417 g/mol. The topological polar surface area (TPSA) is 73.2 Å². The zero-order valence-corrected chi connectivity index (χ0v) is 18.1. The van der Waals surface area contributed by atoms with E-state index in [0.717, 1.165) is 41.8 Å². The number of aromatic nitrogens is 2. The zero-order valence-electron chi connectivity index (χ0n) is 18.1. The summed E-state index contributed by atoms with van der Waals surface area (Å²) in [6, 6.07) is 15.7. The Hall–Kier alpha value is -3.41. The van der Waals surface area contributed by atoms with Gasteiger partial charge in [-0.25, -0.2) is 4.68 Å². The van der Waals surface area contributed by atoms with E-state index in [1.807, 2.05) is 36.4 Å². The molecular formula is C25H27N3O3. The SMILES string of the molecule is Cc1cc(C)c(-c2cc(NC(=O)COC(=O)C3CCC3)n(-c3ccccc3)n2)cc1C. The highest BCUT2D eigenvalue weighted by molar-refractivity contribution is 5.93. The van der Waals surface area contributed by atoms with Gasteiger partial charge in [0.05, 0.1) is 17.3 Å². The summed E-state index contributed by atoms with van der Waals surface area (Å²) in [4.78, 5) is 24.4. The van der Waals surface area contributed by atoms with Crippen molar-refractivity contribution < 1.29 is 14.3 Å². The molecule has 0 bridgehead atoms. The van der Waals surface area contributed by atoms with Crippen molar-refractivity contribution in [3.8, 4) is 16.9 Å². The molecule has 0 atom stereocenters. The van der Waals surface area contributed by atoms with Crippen molar-refractivity contribution in [1.29, 1.82) is 0 Å². The number of aryl methyl sites for hydroxylation is 3. The van der Waals surface area contributed by atoms with Crippen molar-refractivity contribution in [2.45, 2.75) is 40.0 Å². The Morgan fingerprint density at radius 3 is 2.42 bits per heavy atom. The van der Waals surface area contributed by atoms with Gasteiger partial charge in [0.2, 0.25) is 0 Å². The van der Waals surface area contributed by atoms with Crippen molar-refractivity contribution in [3.63, 3.8) is 0 Å². The highest BCUT2D eigenvalue weighted by Gasteiger charge is 2.27. The lowest BCUT2D eigenvalue weighted by molar-refractivity contribution is -0.154. The third-order valence-electron chi connectivity index (χ3n) is 5.88. The van der Waals surface area contributed by atoms with Gasteiger partial charge in [0.1, 0.15) is 5.82 Å². The van der Waals surface area contributed by atoms with Crippen LogP contribution in [0.4, 0.5) is 5.82 Å². The Morgan fingerprint density at radius 1 is 1.03 bits per heavy atom. The first kappa shape index (κ1) is 20.8. The quantitative estimate of drug-likeness (QED) is 0.588. The van der Waals surface area contributed by atoms with E-state index in [1.165, 1.54) is 11.1 Å². The molecule has 6 heteroatoms. The lowest BCUT2D eigenvalue weighted by Crippen LogP contribution is -2.28. The van der Waals surface area contributed by atoms with Crippen LogP contribution in [0.3, 0.4) is 0 Å². The number of anilines is 1. The van der Waals surface area contributed by atoms with Gasteiger partial charge >= 0.3 is 5.97 Å². The second kappa shape index (κ2) is 8.76. The Kier molecular flexibility index (Phi) is 5.89. The van der Waals surface area contributed by atoms with Gasteiger partial charge in [-0.15, -0.1) is 0 Å². The molecule has 1 fully saturated rings. The molecule has 0 spiro atoms. The van der Waals surface area contributed by atoms with Crippen LogP contribution in [0.5, 0.6) is 0 Å². The number of hydrogen-bond acceptors (Lipinski definition) is 4. The molecular weight excluding hydrogens is 390 g/mol. The summed E-state index contributed by atoms with van der Waals surface area (Å²) in [5.74, 6) is -0.192. The number of para-hydroxylation sites is 1. The number of hydrogen-bond donors (Lipinski definition) is 1. The van der Waals surface area contributed by atoms with Gasteiger partial charge in [-0.1, -0.05) is 30.7 Å². The van der Waals surface area contributed by atoms with E-state index in [-0.39, 0.29) is 24.4 Å². The van der Waals surface area contributed by atoms with E-state index < -0.39 is 0 Å². The van der Waals surface area contributed by atoms with E-state index >= 15 is 0 Å². The molecule has 1 aliphatic carbocycles. The number of rotatable bonds is 6. The molecule has 0 saturated heterocycles. The normalized spacial score (nSPS) is 13.5. The first-order chi connectivity index (χ1) is 14.9. The molecule has 1 heterocycles. The molecule has 1 saturated carbocycles. The first-order valence-corrected chi connectivity index (χ1v) is 10.6. The summed E-state index contributed by atoms with van der Waals surface area (Å²) in [6.07, 6.45) is 2.74. The lowest BCUT2D eigenvalue weighted by atomic mass is 9.86. The Bertz CT molecular complexity index is 1110. The molecule has 31 heavy (non-hydrogen) atoms. The smallest absolute Gasteiger partial charge is 0.309 e. The highest BCUT2D eigenvalue weighted by Crippen LogP contribution is 2.30. The lowest BCUT2D eigenvalue weighted by Gasteiger charge is -2.22. The van der Waals surface area contributed by atoms with E-state index in [2.05, 4.69) is 38.2 Å². The molecule has 2 aromatic carbocycles. The second-order valence-electron chi connectivity index (χ2n) is 8.20. The van der Waals surface area contributed by atoms with Crippen molar-refractivity contribution in [1.82, 2.24) is 9.78 Å². The number of carbonyl (C=O) groups excluding carboxylic acids is 2. The number of ether oxygens (including phenoxy) is 1. The van der Waals surface area contributed by atoms with Crippen LogP contribution in [0.2, 0.25) is 0 Å². The number of benzene rings is 2. The number of esters is 1. The molecule has 3 aromatic rings. The fourth-order valence-corrected chi connectivity index (χ4v) is 3.68. The molecule has 0 unspecified atom stereocenters. The number of nitrogens with zero attached hydrogens (tertiary/aromatic N) is 2. The summed E-state index contributed by atoms with van der Waals surface area (Å²) in [5, 5.41) is 7.63. The fraction of sp³-hybridized carbons (Fsp3) is 0.320. The minimum atomic E-state index is -0.381.